The van der Waals surface area contributed by atoms with E-state index in [9.17, 15) is 4.79 Å². The molecule has 0 saturated carbocycles. The summed E-state index contributed by atoms with van der Waals surface area (Å²) in [6.45, 7) is 11.0. The quantitative estimate of drug-likeness (QED) is 0.687. The third-order valence-corrected chi connectivity index (χ3v) is 2.60. The van der Waals surface area contributed by atoms with Crippen molar-refractivity contribution in [3.63, 3.8) is 0 Å². The summed E-state index contributed by atoms with van der Waals surface area (Å²) < 4.78 is 0. The fraction of sp³-hybridized carbons (Fsp3) is 0.909. The second-order valence-corrected chi connectivity index (χ2v) is 5.08. The smallest absolute Gasteiger partial charge is 0.225 e. The highest BCUT2D eigenvalue weighted by molar-refractivity contribution is 5.78. The van der Waals surface area contributed by atoms with Crippen LogP contribution in [0.3, 0.4) is 0 Å². The first-order valence-corrected chi connectivity index (χ1v) is 5.46. The molecule has 1 amide bonds. The third kappa shape index (κ3) is 2.98. The second kappa shape index (κ2) is 4.30. The van der Waals surface area contributed by atoms with E-state index in [4.69, 9.17) is 0 Å². The topological polar surface area (TPSA) is 32.3 Å². The Bertz CT molecular complexity index is 211. The maximum Gasteiger partial charge on any atom is 0.225 e. The fourth-order valence-corrected chi connectivity index (χ4v) is 1.86. The van der Waals surface area contributed by atoms with Crippen molar-refractivity contribution < 1.29 is 4.79 Å². The summed E-state index contributed by atoms with van der Waals surface area (Å²) >= 11 is 0. The molecule has 0 bridgehead atoms. The van der Waals surface area contributed by atoms with Crippen molar-refractivity contribution in [2.75, 3.05) is 19.6 Å². The van der Waals surface area contributed by atoms with E-state index in [1.807, 2.05) is 18.7 Å². The van der Waals surface area contributed by atoms with Gasteiger partial charge in [-0.05, 0) is 26.8 Å². The summed E-state index contributed by atoms with van der Waals surface area (Å²) in [5.74, 6) is 0.394. The Kier molecular flexibility index (Phi) is 3.53. The van der Waals surface area contributed by atoms with Gasteiger partial charge in [0.15, 0.2) is 0 Å². The highest BCUT2D eigenvalue weighted by atomic mass is 16.2. The molecule has 3 heteroatoms. The molecule has 1 rings (SSSR count). The predicted octanol–water partition coefficient (Wildman–Crippen LogP) is 1.24. The molecule has 1 aliphatic heterocycles. The van der Waals surface area contributed by atoms with Crippen molar-refractivity contribution in [1.82, 2.24) is 10.2 Å². The highest BCUT2D eigenvalue weighted by Gasteiger charge is 2.27. The molecule has 14 heavy (non-hydrogen) atoms. The number of rotatable bonds is 1. The molecule has 82 valence electrons. The van der Waals surface area contributed by atoms with Crippen LogP contribution in [0.15, 0.2) is 0 Å². The van der Waals surface area contributed by atoms with Crippen molar-refractivity contribution in [3.8, 4) is 0 Å². The Balaban J connectivity index is 2.64. The van der Waals surface area contributed by atoms with Crippen LogP contribution in [0.1, 0.15) is 34.1 Å². The van der Waals surface area contributed by atoms with E-state index in [2.05, 4.69) is 19.2 Å². The van der Waals surface area contributed by atoms with Crippen LogP contribution in [0.2, 0.25) is 0 Å². The van der Waals surface area contributed by atoms with Crippen LogP contribution in [0.5, 0.6) is 0 Å². The van der Waals surface area contributed by atoms with E-state index in [1.54, 1.807) is 0 Å². The Morgan fingerprint density at radius 3 is 2.64 bits per heavy atom. The summed E-state index contributed by atoms with van der Waals surface area (Å²) in [4.78, 5) is 13.8. The number of hydrogen-bond donors (Lipinski definition) is 1. The summed E-state index contributed by atoms with van der Waals surface area (Å²) in [7, 11) is 0. The van der Waals surface area contributed by atoms with Crippen LogP contribution in [0, 0.1) is 5.92 Å². The van der Waals surface area contributed by atoms with Gasteiger partial charge in [0.1, 0.15) is 0 Å². The van der Waals surface area contributed by atoms with E-state index >= 15 is 0 Å². The van der Waals surface area contributed by atoms with E-state index in [1.165, 1.54) is 0 Å². The maximum absolute atomic E-state index is 11.8. The number of nitrogens with zero attached hydrogens (tertiary/aromatic N) is 1. The molecule has 0 aromatic carbocycles. The van der Waals surface area contributed by atoms with Crippen molar-refractivity contribution in [1.29, 1.82) is 0 Å². The van der Waals surface area contributed by atoms with Gasteiger partial charge in [0.25, 0.3) is 0 Å². The molecule has 1 fully saturated rings. The summed E-state index contributed by atoms with van der Waals surface area (Å²) in [6.07, 6.45) is 1.06. The lowest BCUT2D eigenvalue weighted by atomic mass is 10.0. The molecule has 0 aromatic rings. The fourth-order valence-electron chi connectivity index (χ4n) is 1.86. The van der Waals surface area contributed by atoms with Crippen LogP contribution >= 0.6 is 0 Å². The molecule has 0 unspecified atom stereocenters. The minimum absolute atomic E-state index is 0.0566. The first-order valence-electron chi connectivity index (χ1n) is 5.46. The lowest BCUT2D eigenvalue weighted by Crippen LogP contribution is -2.48. The van der Waals surface area contributed by atoms with Gasteiger partial charge in [0.05, 0.1) is 0 Å². The van der Waals surface area contributed by atoms with Crippen LogP contribution in [-0.2, 0) is 4.79 Å². The van der Waals surface area contributed by atoms with Gasteiger partial charge < -0.3 is 10.2 Å². The molecule has 0 atom stereocenters. The van der Waals surface area contributed by atoms with Gasteiger partial charge in [0.2, 0.25) is 5.91 Å². The molecule has 0 radical (unpaired) electrons. The molecule has 3 nitrogen and oxygen atoms in total. The molecular weight excluding hydrogens is 176 g/mol. The van der Waals surface area contributed by atoms with E-state index < -0.39 is 0 Å². The zero-order valence-corrected chi connectivity index (χ0v) is 9.76. The van der Waals surface area contributed by atoms with Crippen LogP contribution < -0.4 is 5.32 Å². The molecule has 1 heterocycles. The van der Waals surface area contributed by atoms with Crippen LogP contribution in [0.4, 0.5) is 0 Å². The number of amides is 1. The van der Waals surface area contributed by atoms with Crippen LogP contribution in [0.25, 0.3) is 0 Å². The van der Waals surface area contributed by atoms with Gasteiger partial charge in [-0.3, -0.25) is 4.79 Å². The zero-order chi connectivity index (χ0) is 10.8. The Hall–Kier alpha value is -0.570. The number of hydrogen-bond acceptors (Lipinski definition) is 2. The molecule has 1 aliphatic rings. The van der Waals surface area contributed by atoms with Gasteiger partial charge >= 0.3 is 0 Å². The first-order chi connectivity index (χ1) is 6.42. The third-order valence-electron chi connectivity index (χ3n) is 2.60. The zero-order valence-electron chi connectivity index (χ0n) is 9.76. The number of nitrogens with one attached hydrogen (secondary N) is 1. The standard InChI is InChI=1S/C11H22N2O/c1-9(2)10(14)13-7-5-6-12-11(3,4)8-13/h9,12H,5-8H2,1-4H3. The number of carbonyl (C=O) groups excluding carboxylic acids is 1. The summed E-state index contributed by atoms with van der Waals surface area (Å²) in [5.41, 5.74) is 0.0566. The second-order valence-electron chi connectivity index (χ2n) is 5.08. The largest absolute Gasteiger partial charge is 0.341 e. The molecule has 1 saturated heterocycles. The van der Waals surface area contributed by atoms with Gasteiger partial charge in [-0.2, -0.15) is 0 Å². The average Bonchev–Trinajstić information content (AvgIpc) is 2.24. The SMILES string of the molecule is CC(C)C(=O)N1CCCNC(C)(C)C1. The molecule has 1 N–H and O–H groups in total. The number of carbonyl (C=O) groups is 1. The van der Waals surface area contributed by atoms with Gasteiger partial charge in [-0.1, -0.05) is 13.8 Å². The molecular formula is C11H22N2O. The minimum atomic E-state index is 0.0566. The Morgan fingerprint density at radius 2 is 2.07 bits per heavy atom. The normalized spacial score (nSPS) is 22.2. The summed E-state index contributed by atoms with van der Waals surface area (Å²) in [5, 5.41) is 3.45. The monoisotopic (exact) mass is 198 g/mol. The maximum atomic E-state index is 11.8. The van der Waals surface area contributed by atoms with Crippen molar-refractivity contribution in [2.24, 2.45) is 5.92 Å². The molecule has 0 spiro atoms. The highest BCUT2D eigenvalue weighted by Crippen LogP contribution is 2.12. The summed E-state index contributed by atoms with van der Waals surface area (Å²) in [6, 6.07) is 0. The lowest BCUT2D eigenvalue weighted by molar-refractivity contribution is -0.135. The van der Waals surface area contributed by atoms with E-state index in [0.717, 1.165) is 26.1 Å². The van der Waals surface area contributed by atoms with Crippen molar-refractivity contribution >= 4 is 5.91 Å². The van der Waals surface area contributed by atoms with E-state index in [-0.39, 0.29) is 17.4 Å². The molecule has 0 aliphatic carbocycles. The van der Waals surface area contributed by atoms with Gasteiger partial charge in [-0.25, -0.2) is 0 Å². The minimum Gasteiger partial charge on any atom is -0.341 e. The predicted molar refractivity (Wildman–Crippen MR) is 58.1 cm³/mol. The van der Waals surface area contributed by atoms with Gasteiger partial charge in [-0.15, -0.1) is 0 Å². The van der Waals surface area contributed by atoms with E-state index in [0.29, 0.717) is 0 Å². The average molecular weight is 198 g/mol. The Labute approximate surface area is 86.9 Å². The Morgan fingerprint density at radius 1 is 1.43 bits per heavy atom. The van der Waals surface area contributed by atoms with Crippen LogP contribution in [-0.4, -0.2) is 36.0 Å². The van der Waals surface area contributed by atoms with Gasteiger partial charge in [0, 0.05) is 24.5 Å². The van der Waals surface area contributed by atoms with Crippen molar-refractivity contribution in [3.05, 3.63) is 0 Å². The molecule has 0 aromatic heterocycles. The van der Waals surface area contributed by atoms with Crippen molar-refractivity contribution in [2.45, 2.75) is 39.7 Å². The first kappa shape index (κ1) is 11.5. The lowest BCUT2D eigenvalue weighted by Gasteiger charge is -2.31.